The van der Waals surface area contributed by atoms with E-state index in [2.05, 4.69) is 31.5 Å². The molecule has 0 fully saturated rings. The second kappa shape index (κ2) is 2.97. The van der Waals surface area contributed by atoms with Gasteiger partial charge < -0.3 is 4.57 Å². The van der Waals surface area contributed by atoms with Crippen molar-refractivity contribution in [2.75, 3.05) is 0 Å². The summed E-state index contributed by atoms with van der Waals surface area (Å²) in [5, 5.41) is 0.610. The molecular weight excluding hydrogens is 263 g/mol. The van der Waals surface area contributed by atoms with Crippen LogP contribution < -0.4 is 0 Å². The monoisotopic (exact) mass is 270 g/mol. The molecule has 1 aliphatic rings. The summed E-state index contributed by atoms with van der Waals surface area (Å²) in [5.41, 5.74) is 3.55. The number of hydrogen-bond donors (Lipinski definition) is 0. The summed E-state index contributed by atoms with van der Waals surface area (Å²) in [7, 11) is 0. The van der Waals surface area contributed by atoms with Crippen LogP contribution in [-0.4, -0.2) is 9.55 Å². The zero-order chi connectivity index (χ0) is 9.71. The smallest absolute Gasteiger partial charge is 0.203 e. The summed E-state index contributed by atoms with van der Waals surface area (Å²) in [6, 6.07) is 4.06. The molecule has 2 aromatic rings. The third kappa shape index (κ3) is 1.06. The summed E-state index contributed by atoms with van der Waals surface area (Å²) in [6.07, 6.45) is 2.25. The van der Waals surface area contributed by atoms with E-state index in [4.69, 9.17) is 11.6 Å². The number of halogens is 2. The lowest BCUT2D eigenvalue weighted by molar-refractivity contribution is 0.631. The highest BCUT2D eigenvalue weighted by atomic mass is 79.9. The molecule has 0 amide bonds. The Bertz CT molecular complexity index is 518. The highest BCUT2D eigenvalue weighted by Gasteiger charge is 2.18. The van der Waals surface area contributed by atoms with Gasteiger partial charge in [0.25, 0.3) is 0 Å². The topological polar surface area (TPSA) is 17.8 Å². The van der Waals surface area contributed by atoms with Crippen molar-refractivity contribution in [3.63, 3.8) is 0 Å². The Morgan fingerprint density at radius 3 is 3.14 bits per heavy atom. The van der Waals surface area contributed by atoms with E-state index in [1.807, 2.05) is 6.07 Å². The minimum absolute atomic E-state index is 0.610. The molecule has 1 aliphatic heterocycles. The minimum Gasteiger partial charge on any atom is -0.314 e. The van der Waals surface area contributed by atoms with Crippen LogP contribution in [0.15, 0.2) is 16.6 Å². The molecule has 0 spiro atoms. The number of aromatic nitrogens is 2. The summed E-state index contributed by atoms with van der Waals surface area (Å²) in [5.74, 6) is 0. The van der Waals surface area contributed by atoms with Crippen LogP contribution in [0.4, 0.5) is 0 Å². The van der Waals surface area contributed by atoms with Gasteiger partial charge in [-0.25, -0.2) is 4.98 Å². The van der Waals surface area contributed by atoms with Crippen LogP contribution in [-0.2, 0) is 13.0 Å². The summed E-state index contributed by atoms with van der Waals surface area (Å²) < 4.78 is 3.27. The highest BCUT2D eigenvalue weighted by molar-refractivity contribution is 9.10. The molecule has 4 heteroatoms. The lowest BCUT2D eigenvalue weighted by atomic mass is 10.0. The Kier molecular flexibility index (Phi) is 1.86. The molecule has 0 saturated heterocycles. The number of rotatable bonds is 0. The molecule has 0 radical (unpaired) electrons. The van der Waals surface area contributed by atoms with Gasteiger partial charge in [0.05, 0.1) is 11.0 Å². The van der Waals surface area contributed by atoms with Crippen LogP contribution in [0, 0.1) is 0 Å². The lowest BCUT2D eigenvalue weighted by Crippen LogP contribution is -2.07. The maximum Gasteiger partial charge on any atom is 0.203 e. The second-order valence-electron chi connectivity index (χ2n) is 3.53. The van der Waals surface area contributed by atoms with Crippen molar-refractivity contribution in [3.05, 3.63) is 27.5 Å². The average molecular weight is 272 g/mol. The van der Waals surface area contributed by atoms with E-state index in [1.165, 1.54) is 15.6 Å². The van der Waals surface area contributed by atoms with E-state index in [1.54, 1.807) is 0 Å². The third-order valence-electron chi connectivity index (χ3n) is 2.72. The van der Waals surface area contributed by atoms with Crippen LogP contribution in [0.3, 0.4) is 0 Å². The van der Waals surface area contributed by atoms with Crippen LogP contribution in [0.25, 0.3) is 11.0 Å². The molecule has 0 saturated carbocycles. The maximum atomic E-state index is 6.06. The Morgan fingerprint density at radius 2 is 2.29 bits per heavy atom. The van der Waals surface area contributed by atoms with Crippen molar-refractivity contribution in [3.8, 4) is 0 Å². The summed E-state index contributed by atoms with van der Waals surface area (Å²) >= 11 is 9.63. The second-order valence-corrected chi connectivity index (χ2v) is 4.72. The van der Waals surface area contributed by atoms with Crippen molar-refractivity contribution in [1.82, 2.24) is 9.55 Å². The first-order valence-electron chi connectivity index (χ1n) is 4.60. The number of nitrogens with zero attached hydrogens (tertiary/aromatic N) is 2. The minimum atomic E-state index is 0.610. The van der Waals surface area contributed by atoms with Crippen molar-refractivity contribution >= 4 is 38.6 Å². The van der Waals surface area contributed by atoms with Gasteiger partial charge in [0.2, 0.25) is 5.28 Å². The molecule has 0 N–H and O–H groups in total. The summed E-state index contributed by atoms with van der Waals surface area (Å²) in [6.45, 7) is 0.985. The lowest BCUT2D eigenvalue weighted by Gasteiger charge is -2.16. The van der Waals surface area contributed by atoms with E-state index in [0.717, 1.165) is 24.9 Å². The first kappa shape index (κ1) is 8.74. The van der Waals surface area contributed by atoms with Gasteiger partial charge in [0, 0.05) is 11.0 Å². The molecule has 0 bridgehead atoms. The first-order chi connectivity index (χ1) is 6.77. The van der Waals surface area contributed by atoms with Gasteiger partial charge in [-0.1, -0.05) is 15.9 Å². The fraction of sp³-hybridized carbons (Fsp3) is 0.300. The van der Waals surface area contributed by atoms with Gasteiger partial charge in [0.15, 0.2) is 0 Å². The molecule has 0 atom stereocenters. The quantitative estimate of drug-likeness (QED) is 0.718. The van der Waals surface area contributed by atoms with Gasteiger partial charge in [-0.15, -0.1) is 0 Å². The maximum absolute atomic E-state index is 6.06. The van der Waals surface area contributed by atoms with E-state index < -0.39 is 0 Å². The molecule has 14 heavy (non-hydrogen) atoms. The fourth-order valence-electron chi connectivity index (χ4n) is 2.10. The highest BCUT2D eigenvalue weighted by Crippen LogP contribution is 2.33. The molecule has 3 rings (SSSR count). The Labute approximate surface area is 95.0 Å². The Hall–Kier alpha value is -0.540. The molecule has 2 nitrogen and oxygen atoms in total. The Morgan fingerprint density at radius 1 is 1.43 bits per heavy atom. The number of imidazole rings is 1. The first-order valence-corrected chi connectivity index (χ1v) is 5.77. The molecular formula is C10H8BrClN2. The third-order valence-corrected chi connectivity index (χ3v) is 3.75. The van der Waals surface area contributed by atoms with Gasteiger partial charge in [-0.3, -0.25) is 0 Å². The van der Waals surface area contributed by atoms with Crippen LogP contribution in [0.1, 0.15) is 12.0 Å². The molecule has 1 aromatic carbocycles. The van der Waals surface area contributed by atoms with Crippen LogP contribution in [0.5, 0.6) is 0 Å². The van der Waals surface area contributed by atoms with Crippen molar-refractivity contribution in [2.24, 2.45) is 0 Å². The average Bonchev–Trinajstić information content (AvgIpc) is 2.52. The SMILES string of the molecule is Clc1nc2ccc(Br)c3c2n1CCC3. The number of hydrogen-bond acceptors (Lipinski definition) is 1. The zero-order valence-corrected chi connectivity index (χ0v) is 9.77. The predicted octanol–water partition coefficient (Wildman–Crippen LogP) is 3.40. The normalized spacial score (nSPS) is 15.0. The van der Waals surface area contributed by atoms with Crippen LogP contribution >= 0.6 is 27.5 Å². The van der Waals surface area contributed by atoms with Gasteiger partial charge in [0.1, 0.15) is 0 Å². The van der Waals surface area contributed by atoms with Crippen molar-refractivity contribution in [1.29, 1.82) is 0 Å². The molecule has 1 aromatic heterocycles. The fourth-order valence-corrected chi connectivity index (χ4v) is 2.88. The van der Waals surface area contributed by atoms with Crippen LogP contribution in [0.2, 0.25) is 5.28 Å². The van der Waals surface area contributed by atoms with E-state index in [9.17, 15) is 0 Å². The largest absolute Gasteiger partial charge is 0.314 e. The van der Waals surface area contributed by atoms with E-state index in [-0.39, 0.29) is 0 Å². The predicted molar refractivity (Wildman–Crippen MR) is 60.8 cm³/mol. The van der Waals surface area contributed by atoms with Gasteiger partial charge >= 0.3 is 0 Å². The summed E-state index contributed by atoms with van der Waals surface area (Å²) in [4.78, 5) is 4.33. The zero-order valence-electron chi connectivity index (χ0n) is 7.43. The van der Waals surface area contributed by atoms with Gasteiger partial charge in [-0.2, -0.15) is 0 Å². The van der Waals surface area contributed by atoms with Crippen molar-refractivity contribution in [2.45, 2.75) is 19.4 Å². The molecule has 72 valence electrons. The molecule has 0 unspecified atom stereocenters. The Balaban J connectivity index is 2.51. The van der Waals surface area contributed by atoms with E-state index >= 15 is 0 Å². The number of benzene rings is 1. The number of aryl methyl sites for hydroxylation is 2. The van der Waals surface area contributed by atoms with E-state index in [0.29, 0.717) is 5.28 Å². The van der Waals surface area contributed by atoms with Crippen molar-refractivity contribution < 1.29 is 0 Å². The van der Waals surface area contributed by atoms with Gasteiger partial charge in [-0.05, 0) is 42.1 Å². The molecule has 2 heterocycles. The molecule has 0 aliphatic carbocycles. The standard InChI is InChI=1S/C10H8BrClN2/c11-7-3-4-8-9-6(7)2-1-5-14(9)10(12)13-8/h3-4H,1-2,5H2.